The standard InChI is InChI=1S/C10H11NO3.C7H16N2/c1-7(12)11-9-4-2-8(3-5-9)6-10(13)14;1-2-3-6-9-7-4-5-8-9/h2-5H,6H2,1H3,(H,11,12)(H,13,14);8H,2-7H2,1H3. The molecule has 1 amide bonds. The smallest absolute Gasteiger partial charge is 0.307 e. The monoisotopic (exact) mass is 321 g/mol. The summed E-state index contributed by atoms with van der Waals surface area (Å²) in [6.45, 7) is 7.32. The molecule has 1 heterocycles. The Kier molecular flexibility index (Phi) is 8.94. The van der Waals surface area contributed by atoms with Crippen molar-refractivity contribution in [3.05, 3.63) is 29.8 Å². The number of aliphatic carboxylic acids is 1. The topological polar surface area (TPSA) is 81.7 Å². The maximum absolute atomic E-state index is 10.7. The molecule has 2 rings (SSSR count). The summed E-state index contributed by atoms with van der Waals surface area (Å²) < 4.78 is 0. The first-order valence-electron chi connectivity index (χ1n) is 8.08. The number of unbranched alkanes of at least 4 members (excludes halogenated alkanes) is 1. The van der Waals surface area contributed by atoms with Crippen molar-refractivity contribution in [2.75, 3.05) is 25.0 Å². The van der Waals surface area contributed by atoms with E-state index in [-0.39, 0.29) is 12.3 Å². The predicted octanol–water partition coefficient (Wildman–Crippen LogP) is 2.27. The van der Waals surface area contributed by atoms with Crippen LogP contribution in [0, 0.1) is 0 Å². The third kappa shape index (κ3) is 8.95. The van der Waals surface area contributed by atoms with E-state index in [0.29, 0.717) is 11.3 Å². The van der Waals surface area contributed by atoms with Gasteiger partial charge in [-0.05, 0) is 30.5 Å². The quantitative estimate of drug-likeness (QED) is 0.749. The van der Waals surface area contributed by atoms with Crippen molar-refractivity contribution < 1.29 is 14.7 Å². The number of nitrogens with zero attached hydrogens (tertiary/aromatic N) is 1. The molecule has 0 aromatic heterocycles. The summed E-state index contributed by atoms with van der Waals surface area (Å²) in [5, 5.41) is 13.4. The molecule has 0 atom stereocenters. The molecule has 1 aliphatic rings. The number of carbonyl (C=O) groups is 2. The SMILES string of the molecule is CC(=O)Nc1ccc(CC(=O)O)cc1.CCCCN1CCCN1. The third-order valence-electron chi connectivity index (χ3n) is 3.35. The van der Waals surface area contributed by atoms with Gasteiger partial charge in [-0.3, -0.25) is 15.0 Å². The minimum absolute atomic E-state index is 0.000349. The lowest BCUT2D eigenvalue weighted by Crippen LogP contribution is -2.31. The number of anilines is 1. The van der Waals surface area contributed by atoms with Crippen LogP contribution in [0.1, 0.15) is 38.7 Å². The molecule has 6 heteroatoms. The Bertz CT molecular complexity index is 447. The van der Waals surface area contributed by atoms with Crippen molar-refractivity contribution in [1.29, 1.82) is 0 Å². The molecule has 0 aliphatic carbocycles. The number of amides is 1. The van der Waals surface area contributed by atoms with Gasteiger partial charge >= 0.3 is 5.97 Å². The number of hydrogen-bond acceptors (Lipinski definition) is 4. The number of nitrogens with one attached hydrogen (secondary N) is 2. The number of carboxylic acid groups (broad SMARTS) is 1. The first kappa shape index (κ1) is 19.1. The number of carbonyl (C=O) groups excluding carboxylic acids is 1. The maximum Gasteiger partial charge on any atom is 0.307 e. The van der Waals surface area contributed by atoms with E-state index in [0.717, 1.165) is 0 Å². The van der Waals surface area contributed by atoms with Crippen LogP contribution in [0.5, 0.6) is 0 Å². The van der Waals surface area contributed by atoms with Crippen LogP contribution in [-0.4, -0.2) is 41.6 Å². The lowest BCUT2D eigenvalue weighted by atomic mass is 10.1. The van der Waals surface area contributed by atoms with Gasteiger partial charge in [-0.1, -0.05) is 25.5 Å². The van der Waals surface area contributed by atoms with Gasteiger partial charge in [0, 0.05) is 32.2 Å². The summed E-state index contributed by atoms with van der Waals surface area (Å²) in [6, 6.07) is 6.72. The summed E-state index contributed by atoms with van der Waals surface area (Å²) in [7, 11) is 0. The van der Waals surface area contributed by atoms with Gasteiger partial charge in [-0.25, -0.2) is 5.01 Å². The van der Waals surface area contributed by atoms with E-state index in [1.165, 1.54) is 45.8 Å². The van der Waals surface area contributed by atoms with Crippen molar-refractivity contribution in [1.82, 2.24) is 10.4 Å². The fraction of sp³-hybridized carbons (Fsp3) is 0.529. The van der Waals surface area contributed by atoms with Crippen molar-refractivity contribution in [3.8, 4) is 0 Å². The molecule has 128 valence electrons. The van der Waals surface area contributed by atoms with Crippen molar-refractivity contribution in [2.45, 2.75) is 39.5 Å². The van der Waals surface area contributed by atoms with Crippen LogP contribution in [0.4, 0.5) is 5.69 Å². The Morgan fingerprint density at radius 2 is 2.00 bits per heavy atom. The van der Waals surface area contributed by atoms with Gasteiger partial charge in [-0.15, -0.1) is 0 Å². The molecule has 0 spiro atoms. The Morgan fingerprint density at radius 3 is 2.48 bits per heavy atom. The average Bonchev–Trinajstić information content (AvgIpc) is 3.00. The van der Waals surface area contributed by atoms with Crippen LogP contribution in [0.2, 0.25) is 0 Å². The van der Waals surface area contributed by atoms with Crippen LogP contribution >= 0.6 is 0 Å². The predicted molar refractivity (Wildman–Crippen MR) is 91.2 cm³/mol. The second kappa shape index (κ2) is 10.7. The van der Waals surface area contributed by atoms with E-state index in [2.05, 4.69) is 22.7 Å². The second-order valence-electron chi connectivity index (χ2n) is 5.55. The maximum atomic E-state index is 10.7. The highest BCUT2D eigenvalue weighted by atomic mass is 16.4. The zero-order chi connectivity index (χ0) is 17.1. The first-order chi connectivity index (χ1) is 11.0. The minimum Gasteiger partial charge on any atom is -0.481 e. The molecule has 0 bridgehead atoms. The summed E-state index contributed by atoms with van der Waals surface area (Å²) in [6.07, 6.45) is 3.95. The summed E-state index contributed by atoms with van der Waals surface area (Å²) in [4.78, 5) is 21.0. The van der Waals surface area contributed by atoms with Gasteiger partial charge in [-0.2, -0.15) is 0 Å². The molecule has 0 saturated carbocycles. The molecule has 23 heavy (non-hydrogen) atoms. The molecule has 1 aromatic rings. The lowest BCUT2D eigenvalue weighted by Gasteiger charge is -2.13. The summed E-state index contributed by atoms with van der Waals surface area (Å²) in [5.41, 5.74) is 4.71. The minimum atomic E-state index is -0.864. The number of rotatable bonds is 6. The zero-order valence-corrected chi connectivity index (χ0v) is 14.0. The average molecular weight is 321 g/mol. The van der Waals surface area contributed by atoms with E-state index in [9.17, 15) is 9.59 Å². The van der Waals surface area contributed by atoms with Gasteiger partial charge in [0.05, 0.1) is 6.42 Å². The fourth-order valence-corrected chi connectivity index (χ4v) is 2.21. The van der Waals surface area contributed by atoms with Gasteiger partial charge in [0.2, 0.25) is 5.91 Å². The molecule has 1 aromatic carbocycles. The molecular formula is C17H27N3O3. The summed E-state index contributed by atoms with van der Waals surface area (Å²) in [5.74, 6) is -1.01. The summed E-state index contributed by atoms with van der Waals surface area (Å²) >= 11 is 0. The second-order valence-corrected chi connectivity index (χ2v) is 5.55. The largest absolute Gasteiger partial charge is 0.481 e. The van der Waals surface area contributed by atoms with Crippen molar-refractivity contribution >= 4 is 17.6 Å². The number of hydrogen-bond donors (Lipinski definition) is 3. The van der Waals surface area contributed by atoms with Crippen LogP contribution in [-0.2, 0) is 16.0 Å². The van der Waals surface area contributed by atoms with E-state index in [1.54, 1.807) is 24.3 Å². The van der Waals surface area contributed by atoms with Crippen LogP contribution in [0.15, 0.2) is 24.3 Å². The fourth-order valence-electron chi connectivity index (χ4n) is 2.21. The van der Waals surface area contributed by atoms with Gasteiger partial charge in [0.25, 0.3) is 0 Å². The number of benzene rings is 1. The molecule has 0 unspecified atom stereocenters. The number of hydrazine groups is 1. The molecule has 1 fully saturated rings. The van der Waals surface area contributed by atoms with Gasteiger partial charge < -0.3 is 10.4 Å². The normalized spacial score (nSPS) is 14.0. The Labute approximate surface area is 137 Å². The van der Waals surface area contributed by atoms with Gasteiger partial charge in [0.15, 0.2) is 0 Å². The highest BCUT2D eigenvalue weighted by Gasteiger charge is 2.08. The first-order valence-corrected chi connectivity index (χ1v) is 8.08. The third-order valence-corrected chi connectivity index (χ3v) is 3.35. The van der Waals surface area contributed by atoms with Crippen molar-refractivity contribution in [2.24, 2.45) is 0 Å². The van der Waals surface area contributed by atoms with Crippen LogP contribution in [0.25, 0.3) is 0 Å². The number of carboxylic acids is 1. The Morgan fingerprint density at radius 1 is 1.30 bits per heavy atom. The van der Waals surface area contributed by atoms with E-state index >= 15 is 0 Å². The Hall–Kier alpha value is -1.92. The van der Waals surface area contributed by atoms with E-state index in [4.69, 9.17) is 5.11 Å². The molecule has 1 aliphatic heterocycles. The highest BCUT2D eigenvalue weighted by molar-refractivity contribution is 5.88. The molecule has 1 saturated heterocycles. The zero-order valence-electron chi connectivity index (χ0n) is 14.0. The molecule has 6 nitrogen and oxygen atoms in total. The highest BCUT2D eigenvalue weighted by Crippen LogP contribution is 2.09. The lowest BCUT2D eigenvalue weighted by molar-refractivity contribution is -0.136. The van der Waals surface area contributed by atoms with Crippen LogP contribution < -0.4 is 10.7 Å². The van der Waals surface area contributed by atoms with E-state index in [1.807, 2.05) is 0 Å². The van der Waals surface area contributed by atoms with Crippen molar-refractivity contribution in [3.63, 3.8) is 0 Å². The van der Waals surface area contributed by atoms with Crippen LogP contribution in [0.3, 0.4) is 0 Å². The van der Waals surface area contributed by atoms with Gasteiger partial charge in [0.1, 0.15) is 0 Å². The molecule has 3 N–H and O–H groups in total. The van der Waals surface area contributed by atoms with E-state index < -0.39 is 5.97 Å². The Balaban J connectivity index is 0.000000253. The molecular weight excluding hydrogens is 294 g/mol. The molecule has 0 radical (unpaired) electrons.